The zero-order valence-corrected chi connectivity index (χ0v) is 31.8. The Hall–Kier alpha value is -2.86. The molecule has 52 heavy (non-hydrogen) atoms. The fourth-order valence-electron chi connectivity index (χ4n) is 8.64. The summed E-state index contributed by atoms with van der Waals surface area (Å²) in [5.41, 5.74) is 2.06. The summed E-state index contributed by atoms with van der Waals surface area (Å²) < 4.78 is 0. The molecule has 8 atom stereocenters. The number of hydrogen-bond acceptors (Lipinski definition) is 8. The minimum atomic E-state index is -0.655. The van der Waals surface area contributed by atoms with Gasteiger partial charge in [0.25, 0.3) is 0 Å². The lowest BCUT2D eigenvalue weighted by Gasteiger charge is -2.41. The highest BCUT2D eigenvalue weighted by Gasteiger charge is 2.42. The van der Waals surface area contributed by atoms with E-state index < -0.39 is 17.9 Å². The van der Waals surface area contributed by atoms with Crippen molar-refractivity contribution in [3.8, 4) is 0 Å². The van der Waals surface area contributed by atoms with Crippen LogP contribution in [0.2, 0.25) is 0 Å². The van der Waals surface area contributed by atoms with E-state index in [-0.39, 0.29) is 71.9 Å². The molecule has 3 amide bonds. The molecule has 3 N–H and O–H groups in total. The number of benzene rings is 2. The molecule has 11 heteroatoms. The molecule has 6 rings (SSSR count). The van der Waals surface area contributed by atoms with Crippen molar-refractivity contribution in [2.24, 2.45) is 17.8 Å². The maximum atomic E-state index is 14.3. The third-order valence-corrected chi connectivity index (χ3v) is 14.2. The molecule has 0 spiro atoms. The summed E-state index contributed by atoms with van der Waals surface area (Å²) in [7, 11) is 0. The fraction of sp³-hybridized carbons (Fsp3) is 0.610. The number of fused-ring (bicyclic) bond motifs is 2. The second kappa shape index (κ2) is 18.9. The number of ketones is 1. The highest BCUT2D eigenvalue weighted by molar-refractivity contribution is 8.00. The number of carbonyl (C=O) groups is 4. The van der Waals surface area contributed by atoms with E-state index in [4.69, 9.17) is 0 Å². The fourth-order valence-corrected chi connectivity index (χ4v) is 11.5. The van der Waals surface area contributed by atoms with Crippen LogP contribution in [0.15, 0.2) is 60.7 Å². The molecule has 9 nitrogen and oxygen atoms in total. The summed E-state index contributed by atoms with van der Waals surface area (Å²) in [5, 5.41) is 23.4. The van der Waals surface area contributed by atoms with Gasteiger partial charge in [0.1, 0.15) is 11.8 Å². The van der Waals surface area contributed by atoms with Crippen molar-refractivity contribution in [2.75, 3.05) is 24.7 Å². The number of rotatable bonds is 14. The summed E-state index contributed by atoms with van der Waals surface area (Å²) in [6, 6.07) is 18.7. The van der Waals surface area contributed by atoms with Crippen molar-refractivity contribution in [3.63, 3.8) is 0 Å². The molecule has 0 bridgehead atoms. The smallest absolute Gasteiger partial charge is 0.246 e. The van der Waals surface area contributed by atoms with Crippen molar-refractivity contribution < 1.29 is 29.4 Å². The largest absolute Gasteiger partial charge is 0.394 e. The van der Waals surface area contributed by atoms with Crippen LogP contribution in [0.25, 0.3) is 0 Å². The van der Waals surface area contributed by atoms with Gasteiger partial charge in [-0.2, -0.15) is 0 Å². The van der Waals surface area contributed by atoms with Gasteiger partial charge in [0.05, 0.1) is 36.0 Å². The Morgan fingerprint density at radius 3 is 1.79 bits per heavy atom. The molecule has 4 heterocycles. The van der Waals surface area contributed by atoms with Crippen LogP contribution in [-0.4, -0.2) is 97.1 Å². The molecule has 4 aliphatic rings. The van der Waals surface area contributed by atoms with Crippen molar-refractivity contribution in [1.82, 2.24) is 15.1 Å². The number of Topliss-reactive ketones (excluding diaryl/α,β-unsaturated/α-hetero) is 1. The van der Waals surface area contributed by atoms with E-state index in [0.29, 0.717) is 38.5 Å². The van der Waals surface area contributed by atoms with Crippen LogP contribution in [0, 0.1) is 17.8 Å². The van der Waals surface area contributed by atoms with Crippen LogP contribution in [0.3, 0.4) is 0 Å². The molecule has 0 aliphatic carbocycles. The molecule has 282 valence electrons. The Balaban J connectivity index is 1.19. The number of aliphatic hydroxyl groups excluding tert-OH is 2. The standard InChI is InChI=1S/C41H55N3O6S2/c45-26-33-13-7-15-37-43(33)40(49)32(19-21-51-37)25-36(47)30(23-28-9-3-1-4-10-28)17-18-31(24-29-11-5-2-6-12-29)39(48)42-35-20-22-52-38-16-8-14-34(27-46)44(38)41(35)50/h1-6,9-12,30-35,37-38,45-46H,7-8,13-27H2,(H,42,48)/t30-,31-,32-,33+,34+,35+,37+,38+/m1/s1. The van der Waals surface area contributed by atoms with E-state index >= 15 is 0 Å². The summed E-state index contributed by atoms with van der Waals surface area (Å²) in [6.07, 6.45) is 8.61. The number of piperidine rings is 2. The van der Waals surface area contributed by atoms with Gasteiger partial charge in [0.15, 0.2) is 0 Å². The highest BCUT2D eigenvalue weighted by atomic mass is 32.2. The van der Waals surface area contributed by atoms with Crippen LogP contribution < -0.4 is 5.32 Å². The first-order chi connectivity index (χ1) is 25.4. The van der Waals surface area contributed by atoms with Gasteiger partial charge >= 0.3 is 0 Å². The summed E-state index contributed by atoms with van der Waals surface area (Å²) >= 11 is 3.51. The van der Waals surface area contributed by atoms with Gasteiger partial charge in [-0.3, -0.25) is 19.2 Å². The second-order valence-electron chi connectivity index (χ2n) is 15.0. The number of nitrogens with zero attached hydrogens (tertiary/aromatic N) is 2. The van der Waals surface area contributed by atoms with Gasteiger partial charge in [0.2, 0.25) is 17.7 Å². The van der Waals surface area contributed by atoms with Crippen LogP contribution in [0.4, 0.5) is 0 Å². The molecule has 4 fully saturated rings. The average Bonchev–Trinajstić information content (AvgIpc) is 3.43. The highest BCUT2D eigenvalue weighted by Crippen LogP contribution is 2.38. The zero-order valence-electron chi connectivity index (χ0n) is 30.2. The van der Waals surface area contributed by atoms with Gasteiger partial charge in [-0.15, -0.1) is 23.5 Å². The number of thioether (sulfide) groups is 2. The van der Waals surface area contributed by atoms with Crippen LogP contribution in [0.1, 0.15) is 81.8 Å². The molecular weight excluding hydrogens is 695 g/mol. The Morgan fingerprint density at radius 2 is 1.21 bits per heavy atom. The SMILES string of the molecule is O=C(C[C@H]1CCS[C@H]2CCC[C@@H](CO)N2C1=O)[C@H](CC[C@H](Cc1ccccc1)C(=O)N[C@H]1CCS[C@H]2CCC[C@@H](CO)N2C1=O)Cc1ccccc1. The molecule has 2 aromatic rings. The van der Waals surface area contributed by atoms with E-state index in [9.17, 15) is 29.4 Å². The maximum absolute atomic E-state index is 14.3. The van der Waals surface area contributed by atoms with Crippen molar-refractivity contribution >= 4 is 47.0 Å². The Morgan fingerprint density at radius 1 is 0.692 bits per heavy atom. The van der Waals surface area contributed by atoms with Gasteiger partial charge in [-0.1, -0.05) is 60.7 Å². The first-order valence-electron chi connectivity index (χ1n) is 19.4. The first-order valence-corrected chi connectivity index (χ1v) is 21.5. The number of aliphatic hydroxyl groups is 2. The topological polar surface area (TPSA) is 127 Å². The van der Waals surface area contributed by atoms with Crippen molar-refractivity contribution in [2.45, 2.75) is 112 Å². The second-order valence-corrected chi connectivity index (χ2v) is 17.6. The van der Waals surface area contributed by atoms with Gasteiger partial charge in [-0.05, 0) is 99.7 Å². The molecule has 2 aromatic carbocycles. The van der Waals surface area contributed by atoms with Crippen LogP contribution in [0.5, 0.6) is 0 Å². The third-order valence-electron chi connectivity index (χ3n) is 11.6. The molecule has 4 saturated heterocycles. The quantitative estimate of drug-likeness (QED) is 0.240. The van der Waals surface area contributed by atoms with Gasteiger partial charge < -0.3 is 25.3 Å². The molecule has 0 saturated carbocycles. The molecule has 4 aliphatic heterocycles. The number of hydrogen-bond donors (Lipinski definition) is 3. The summed E-state index contributed by atoms with van der Waals surface area (Å²) in [4.78, 5) is 60.1. The van der Waals surface area contributed by atoms with E-state index in [1.54, 1.807) is 23.5 Å². The number of amides is 3. The Bertz CT molecular complexity index is 1390. The summed E-state index contributed by atoms with van der Waals surface area (Å²) in [5.74, 6) is 0.0523. The Labute approximate surface area is 317 Å². The number of carbonyl (C=O) groups excluding carboxylic acids is 4. The maximum Gasteiger partial charge on any atom is 0.246 e. The monoisotopic (exact) mass is 749 g/mol. The van der Waals surface area contributed by atoms with Gasteiger partial charge in [-0.25, -0.2) is 0 Å². The number of nitrogens with one attached hydrogen (secondary N) is 1. The van der Waals surface area contributed by atoms with E-state index in [2.05, 4.69) is 5.32 Å². The van der Waals surface area contributed by atoms with E-state index in [1.165, 1.54) is 0 Å². The van der Waals surface area contributed by atoms with E-state index in [1.807, 2.05) is 70.5 Å². The predicted octanol–water partition coefficient (Wildman–Crippen LogP) is 5.22. The first kappa shape index (κ1) is 38.9. The van der Waals surface area contributed by atoms with Crippen LogP contribution in [-0.2, 0) is 32.0 Å². The average molecular weight is 750 g/mol. The molecule has 0 radical (unpaired) electrons. The lowest BCUT2D eigenvalue weighted by Crippen LogP contribution is -2.56. The van der Waals surface area contributed by atoms with E-state index in [0.717, 1.165) is 61.2 Å². The van der Waals surface area contributed by atoms with Crippen molar-refractivity contribution in [1.29, 1.82) is 0 Å². The van der Waals surface area contributed by atoms with Crippen LogP contribution >= 0.6 is 23.5 Å². The minimum Gasteiger partial charge on any atom is -0.394 e. The summed E-state index contributed by atoms with van der Waals surface area (Å²) in [6.45, 7) is -0.139. The molecule has 0 aromatic heterocycles. The zero-order chi connectivity index (χ0) is 36.5. The third kappa shape index (κ3) is 9.62. The lowest BCUT2D eigenvalue weighted by molar-refractivity contribution is -0.143. The Kier molecular flexibility index (Phi) is 14.2. The van der Waals surface area contributed by atoms with Gasteiger partial charge in [0, 0.05) is 24.2 Å². The lowest BCUT2D eigenvalue weighted by atomic mass is 9.82. The van der Waals surface area contributed by atoms with Crippen molar-refractivity contribution in [3.05, 3.63) is 71.8 Å². The molecule has 0 unspecified atom stereocenters. The predicted molar refractivity (Wildman–Crippen MR) is 206 cm³/mol. The minimum absolute atomic E-state index is 0.00694. The molecular formula is C41H55N3O6S2. The normalized spacial score (nSPS) is 27.8.